The molecule has 0 aliphatic rings. The Bertz CT molecular complexity index is 1170. The molecule has 0 atom stereocenters. The van der Waals surface area contributed by atoms with Gasteiger partial charge in [0.15, 0.2) is 0 Å². The number of aromatic nitrogens is 3. The average Bonchev–Trinajstić information content (AvgIpc) is 3.17. The summed E-state index contributed by atoms with van der Waals surface area (Å²) < 4.78 is 16.9. The summed E-state index contributed by atoms with van der Waals surface area (Å²) in [4.78, 5) is 23.8. The first-order valence-corrected chi connectivity index (χ1v) is 10.3. The smallest absolute Gasteiger partial charge is 0.412 e. The van der Waals surface area contributed by atoms with Crippen molar-refractivity contribution < 1.29 is 13.9 Å². The molecule has 0 saturated carbocycles. The molecule has 1 aromatic carbocycles. The Morgan fingerprint density at radius 3 is 2.75 bits per heavy atom. The van der Waals surface area contributed by atoms with E-state index in [0.717, 1.165) is 6.21 Å². The Morgan fingerprint density at radius 2 is 2.06 bits per heavy atom. The highest BCUT2D eigenvalue weighted by Crippen LogP contribution is 2.32. The highest BCUT2D eigenvalue weighted by molar-refractivity contribution is 6.67. The number of carbonyl (C=O) groups is 1. The van der Waals surface area contributed by atoms with Gasteiger partial charge in [0.05, 0.1) is 11.4 Å². The predicted octanol–water partition coefficient (Wildman–Crippen LogP) is 6.17. The summed E-state index contributed by atoms with van der Waals surface area (Å²) in [7, 11) is 0. The lowest BCUT2D eigenvalue weighted by Crippen LogP contribution is -2.21. The highest BCUT2D eigenvalue weighted by atomic mass is 35.6. The molecular formula is C21H17Cl3FN5O2. The van der Waals surface area contributed by atoms with Gasteiger partial charge < -0.3 is 15.1 Å². The lowest BCUT2D eigenvalue weighted by atomic mass is 10.0. The van der Waals surface area contributed by atoms with Gasteiger partial charge in [0.25, 0.3) is 0 Å². The minimum absolute atomic E-state index is 0.198. The first kappa shape index (κ1) is 23.7. The maximum atomic E-state index is 13.8. The average molecular weight is 497 g/mol. The number of hydrogen-bond acceptors (Lipinski definition) is 5. The van der Waals surface area contributed by atoms with Gasteiger partial charge in [-0.3, -0.25) is 5.32 Å². The first-order valence-electron chi connectivity index (χ1n) is 9.17. The van der Waals surface area contributed by atoms with Crippen LogP contribution >= 0.6 is 34.8 Å². The molecule has 1 amide bonds. The van der Waals surface area contributed by atoms with Crippen molar-refractivity contribution in [1.29, 1.82) is 5.41 Å². The van der Waals surface area contributed by atoms with Crippen molar-refractivity contribution in [2.45, 2.75) is 10.7 Å². The van der Waals surface area contributed by atoms with E-state index in [9.17, 15) is 9.18 Å². The number of ether oxygens (including phenoxy) is 1. The standard InChI is InChI=1S/C21H17Cl3FN5O2/c1-12-9-13(4-5-15(12)25)18-19(29-16(28-18)3-2-7-26)14-6-8-27-17(10-14)30-20(31)32-11-21(22,23)24/h2-10,26H,11H2,1H3,(H,28,29)(H,27,30,31)/b3-2-,26-7?. The Morgan fingerprint density at radius 1 is 1.28 bits per heavy atom. The van der Waals surface area contributed by atoms with Crippen molar-refractivity contribution in [2.24, 2.45) is 0 Å². The number of rotatable bonds is 6. The number of aromatic amines is 1. The third kappa shape index (κ3) is 6.29. The van der Waals surface area contributed by atoms with Crippen LogP contribution in [0.15, 0.2) is 42.6 Å². The number of H-pyrrole nitrogens is 1. The van der Waals surface area contributed by atoms with E-state index in [1.807, 2.05) is 0 Å². The SMILES string of the molecule is Cc1cc(-c2nc(/C=C\C=N)[nH]c2-c2ccnc(NC(=O)OCC(Cl)(Cl)Cl)c2)ccc1F. The maximum absolute atomic E-state index is 13.8. The first-order chi connectivity index (χ1) is 15.2. The number of pyridine rings is 1. The van der Waals surface area contributed by atoms with E-state index in [4.69, 9.17) is 44.9 Å². The van der Waals surface area contributed by atoms with Gasteiger partial charge in [0.1, 0.15) is 24.1 Å². The number of halogens is 4. The van der Waals surface area contributed by atoms with E-state index in [1.54, 1.807) is 37.3 Å². The number of benzene rings is 1. The van der Waals surface area contributed by atoms with Crippen LogP contribution in [0, 0.1) is 18.2 Å². The quantitative estimate of drug-likeness (QED) is 0.280. The number of allylic oxidation sites excluding steroid dienone is 1. The number of anilines is 1. The second-order valence-corrected chi connectivity index (χ2v) is 9.10. The van der Waals surface area contributed by atoms with Crippen LogP contribution in [0.2, 0.25) is 0 Å². The van der Waals surface area contributed by atoms with Crippen molar-refractivity contribution in [1.82, 2.24) is 15.0 Å². The van der Waals surface area contributed by atoms with Gasteiger partial charge in [-0.15, -0.1) is 0 Å². The minimum Gasteiger partial charge on any atom is -0.445 e. The number of carbonyl (C=O) groups excluding carboxylic acids is 1. The fraction of sp³-hybridized carbons (Fsp3) is 0.143. The summed E-state index contributed by atoms with van der Waals surface area (Å²) in [6, 6.07) is 8.01. The normalized spacial score (nSPS) is 11.5. The molecule has 0 aliphatic carbocycles. The molecule has 0 radical (unpaired) electrons. The summed E-state index contributed by atoms with van der Waals surface area (Å²) >= 11 is 16.7. The number of nitrogens with one attached hydrogen (secondary N) is 3. The second kappa shape index (κ2) is 10.1. The Balaban J connectivity index is 1.96. The molecule has 166 valence electrons. The summed E-state index contributed by atoms with van der Waals surface area (Å²) in [6.45, 7) is 1.23. The van der Waals surface area contributed by atoms with E-state index in [1.165, 1.54) is 18.3 Å². The predicted molar refractivity (Wildman–Crippen MR) is 125 cm³/mol. The van der Waals surface area contributed by atoms with Gasteiger partial charge in [-0.1, -0.05) is 34.8 Å². The van der Waals surface area contributed by atoms with Crippen LogP contribution in [0.4, 0.5) is 15.0 Å². The van der Waals surface area contributed by atoms with Crippen molar-refractivity contribution in [2.75, 3.05) is 11.9 Å². The zero-order chi connectivity index (χ0) is 23.3. The van der Waals surface area contributed by atoms with Crippen LogP contribution in [0.25, 0.3) is 28.6 Å². The molecule has 0 bridgehead atoms. The van der Waals surface area contributed by atoms with Gasteiger partial charge >= 0.3 is 6.09 Å². The molecule has 32 heavy (non-hydrogen) atoms. The fourth-order valence-electron chi connectivity index (χ4n) is 2.76. The third-order valence-corrected chi connectivity index (χ3v) is 4.48. The number of imidazole rings is 1. The Labute approximate surface area is 198 Å². The molecule has 0 saturated heterocycles. The highest BCUT2D eigenvalue weighted by Gasteiger charge is 2.22. The van der Waals surface area contributed by atoms with Crippen LogP contribution in [-0.2, 0) is 4.74 Å². The fourth-order valence-corrected chi connectivity index (χ4v) is 2.93. The lowest BCUT2D eigenvalue weighted by molar-refractivity contribution is 0.164. The number of alkyl halides is 3. The van der Waals surface area contributed by atoms with Gasteiger partial charge in [-0.25, -0.2) is 19.2 Å². The second-order valence-electron chi connectivity index (χ2n) is 6.58. The molecule has 11 heteroatoms. The van der Waals surface area contributed by atoms with Crippen LogP contribution in [-0.4, -0.2) is 37.7 Å². The van der Waals surface area contributed by atoms with Crippen molar-refractivity contribution in [3.05, 3.63) is 59.8 Å². The number of hydrogen-bond donors (Lipinski definition) is 3. The number of nitrogens with zero attached hydrogens (tertiary/aromatic N) is 2. The molecule has 0 unspecified atom stereocenters. The molecule has 0 aliphatic heterocycles. The summed E-state index contributed by atoms with van der Waals surface area (Å²) in [5.41, 5.74) is 2.99. The van der Waals surface area contributed by atoms with Gasteiger partial charge in [-0.2, -0.15) is 0 Å². The molecule has 7 nitrogen and oxygen atoms in total. The van der Waals surface area contributed by atoms with Crippen LogP contribution in [0.3, 0.4) is 0 Å². The van der Waals surface area contributed by atoms with Crippen molar-refractivity contribution in [3.8, 4) is 22.5 Å². The molecule has 2 aromatic heterocycles. The van der Waals surface area contributed by atoms with E-state index in [0.29, 0.717) is 33.9 Å². The van der Waals surface area contributed by atoms with Gasteiger partial charge in [0.2, 0.25) is 3.79 Å². The van der Waals surface area contributed by atoms with Crippen molar-refractivity contribution >= 4 is 59.0 Å². The Hall–Kier alpha value is -2.94. The third-order valence-electron chi connectivity index (χ3n) is 4.15. The van der Waals surface area contributed by atoms with Crippen molar-refractivity contribution in [3.63, 3.8) is 0 Å². The molecule has 0 fully saturated rings. The van der Waals surface area contributed by atoms with E-state index < -0.39 is 16.5 Å². The van der Waals surface area contributed by atoms with Gasteiger partial charge in [-0.05, 0) is 55.0 Å². The summed E-state index contributed by atoms with van der Waals surface area (Å²) in [5, 5.41) is 9.64. The largest absolute Gasteiger partial charge is 0.445 e. The maximum Gasteiger partial charge on any atom is 0.412 e. The lowest BCUT2D eigenvalue weighted by Gasteiger charge is -2.12. The topological polar surface area (TPSA) is 104 Å². The van der Waals surface area contributed by atoms with E-state index in [-0.39, 0.29) is 11.6 Å². The zero-order valence-electron chi connectivity index (χ0n) is 16.6. The molecule has 2 heterocycles. The molecular weight excluding hydrogens is 480 g/mol. The van der Waals surface area contributed by atoms with E-state index in [2.05, 4.69) is 20.3 Å². The molecule has 3 N–H and O–H groups in total. The molecule has 0 spiro atoms. The number of amides is 1. The number of aryl methyl sites for hydroxylation is 1. The van der Waals surface area contributed by atoms with Crippen LogP contribution in [0.1, 0.15) is 11.4 Å². The minimum atomic E-state index is -1.73. The molecule has 3 rings (SSSR count). The van der Waals surface area contributed by atoms with Crippen LogP contribution in [0.5, 0.6) is 0 Å². The monoisotopic (exact) mass is 495 g/mol. The van der Waals surface area contributed by atoms with Gasteiger partial charge in [0, 0.05) is 23.5 Å². The summed E-state index contributed by atoms with van der Waals surface area (Å²) in [6.07, 6.45) is 4.93. The van der Waals surface area contributed by atoms with Crippen LogP contribution < -0.4 is 5.32 Å². The Kier molecular flexibility index (Phi) is 7.50. The van der Waals surface area contributed by atoms with E-state index >= 15 is 0 Å². The zero-order valence-corrected chi connectivity index (χ0v) is 18.9. The molecule has 3 aromatic rings. The summed E-state index contributed by atoms with van der Waals surface area (Å²) in [5.74, 6) is 0.372.